The Bertz CT molecular complexity index is 4330. The quantitative estimate of drug-likeness (QED) is 0.183. The maximum absolute atomic E-state index is 9.51. The fourth-order valence-electron chi connectivity index (χ4n) is 5.37. The summed E-state index contributed by atoms with van der Waals surface area (Å²) in [5.74, 6) is -2.63. The Morgan fingerprint density at radius 1 is 0.420 bits per heavy atom. The highest BCUT2D eigenvalue weighted by Crippen LogP contribution is 2.38. The van der Waals surface area contributed by atoms with Crippen LogP contribution >= 0.6 is 0 Å². The van der Waals surface area contributed by atoms with Crippen LogP contribution in [-0.4, -0.2) is 19.5 Å². The summed E-state index contributed by atoms with van der Waals surface area (Å²) in [6, 6.07) is -24.8. The maximum Gasteiger partial charge on any atom is 0.164 e. The van der Waals surface area contributed by atoms with Crippen molar-refractivity contribution < 1.29 is 42.8 Å². The van der Waals surface area contributed by atoms with E-state index in [1.807, 2.05) is 0 Å². The highest BCUT2D eigenvalue weighted by atomic mass is 16.3. The molecule has 50 heavy (non-hydrogen) atoms. The van der Waals surface area contributed by atoms with Crippen molar-refractivity contribution in [2.24, 2.45) is 0 Å². The van der Waals surface area contributed by atoms with E-state index in [0.29, 0.717) is 0 Å². The number of fused-ring (bicyclic) bond motifs is 6. The van der Waals surface area contributed by atoms with Gasteiger partial charge in [-0.1, -0.05) is 115 Å². The van der Waals surface area contributed by atoms with Crippen molar-refractivity contribution in [2.75, 3.05) is 0 Å². The van der Waals surface area contributed by atoms with Crippen LogP contribution in [0.15, 0.2) is 174 Å². The molecule has 0 unspecified atom stereocenters. The molecule has 3 aromatic heterocycles. The molecule has 0 saturated carbocycles. The Morgan fingerprint density at radius 2 is 0.960 bits per heavy atom. The molecule has 7 aromatic carbocycles. The van der Waals surface area contributed by atoms with E-state index >= 15 is 0 Å². The monoisotopic (exact) mass is 668 g/mol. The molecule has 0 spiro atoms. The lowest BCUT2D eigenvalue weighted by atomic mass is 9.99. The van der Waals surface area contributed by atoms with E-state index in [1.54, 1.807) is 0 Å². The van der Waals surface area contributed by atoms with Crippen LogP contribution in [0.4, 0.5) is 0 Å². The minimum atomic E-state index is -1.06. The van der Waals surface area contributed by atoms with Crippen molar-refractivity contribution in [3.05, 3.63) is 169 Å². The highest BCUT2D eigenvalue weighted by Gasteiger charge is 2.17. The molecular formula is C45H28N4O. The van der Waals surface area contributed by atoms with Crippen LogP contribution in [0.25, 0.3) is 94.7 Å². The summed E-state index contributed by atoms with van der Waals surface area (Å²) in [6.07, 6.45) is 0. The fourth-order valence-corrected chi connectivity index (χ4v) is 5.37. The van der Waals surface area contributed by atoms with Crippen molar-refractivity contribution >= 4 is 43.7 Å². The van der Waals surface area contributed by atoms with Gasteiger partial charge in [-0.25, -0.2) is 15.0 Å². The zero-order valence-corrected chi connectivity index (χ0v) is 24.7. The normalized spacial score (nSPS) is 19.4. The Hall–Kier alpha value is -6.85. The summed E-state index contributed by atoms with van der Waals surface area (Å²) in [5, 5.41) is -1.90. The largest absolute Gasteiger partial charge is 0.456 e. The lowest BCUT2D eigenvalue weighted by molar-refractivity contribution is 0.669. The van der Waals surface area contributed by atoms with E-state index in [-0.39, 0.29) is 0 Å². The van der Waals surface area contributed by atoms with Crippen LogP contribution < -0.4 is 0 Å². The number of benzene rings is 7. The van der Waals surface area contributed by atoms with Crippen molar-refractivity contribution in [3.8, 4) is 51.0 Å². The molecule has 10 aromatic rings. The SMILES string of the molecule is [2H]c1c([2H])c([2H])c(-c2nc(-c3c([2H])c([2H])c(-n4c5c([2H])c([2H])c([2H])c([2H])c5c5c([2H])c([2H])c([2H])c([2H])c54)c([2H])c3[2H])nc(-c3c([2H])c([2H])c4c(oc5c([2H])c([2H])c([2H])c(-c6c([2H])c([2H])c([2H])c([2H])c6[2H])c54)c3[2H])n2)c([2H])c1[2H]. The van der Waals surface area contributed by atoms with Crippen molar-refractivity contribution in [1.29, 1.82) is 0 Å². The highest BCUT2D eigenvalue weighted by molar-refractivity contribution is 6.13. The predicted octanol–water partition coefficient (Wildman–Crippen LogP) is 11.5. The molecule has 234 valence electrons. The molecule has 0 N–H and O–H groups in total. The summed E-state index contributed by atoms with van der Waals surface area (Å²) in [4.78, 5) is 12.9. The van der Waals surface area contributed by atoms with Gasteiger partial charge in [0.2, 0.25) is 0 Å². The average Bonchev–Trinajstić information content (AvgIpc) is 4.01. The molecule has 0 aliphatic heterocycles. The molecule has 5 nitrogen and oxygen atoms in total. The van der Waals surface area contributed by atoms with Crippen molar-refractivity contribution in [3.63, 3.8) is 0 Å². The van der Waals surface area contributed by atoms with Gasteiger partial charge >= 0.3 is 0 Å². The first kappa shape index (κ1) is 11.9. The fraction of sp³-hybridized carbons (Fsp3) is 0. The second-order valence-corrected chi connectivity index (χ2v) is 10.3. The van der Waals surface area contributed by atoms with Crippen LogP contribution in [0, 0.1) is 0 Å². The van der Waals surface area contributed by atoms with Gasteiger partial charge in [0.25, 0.3) is 0 Å². The number of furan rings is 1. The molecule has 5 heteroatoms. The number of hydrogen-bond acceptors (Lipinski definition) is 4. The van der Waals surface area contributed by atoms with E-state index in [1.165, 1.54) is 0 Å². The van der Waals surface area contributed by atoms with Crippen molar-refractivity contribution in [2.45, 2.75) is 0 Å². The third-order valence-corrected chi connectivity index (χ3v) is 7.50. The third-order valence-electron chi connectivity index (χ3n) is 7.50. The van der Waals surface area contributed by atoms with Crippen LogP contribution in [0.2, 0.25) is 0 Å². The smallest absolute Gasteiger partial charge is 0.164 e. The number of nitrogens with zero attached hydrogens (tertiary/aromatic N) is 4. The zero-order valence-electron chi connectivity index (χ0n) is 52.7. The lowest BCUT2D eigenvalue weighted by Gasteiger charge is -2.11. The van der Waals surface area contributed by atoms with Gasteiger partial charge in [0.15, 0.2) is 17.5 Å². The molecule has 0 atom stereocenters. The second kappa shape index (κ2) is 11.4. The Kier molecular flexibility index (Phi) is 2.72. The summed E-state index contributed by atoms with van der Waals surface area (Å²) in [7, 11) is 0. The number of hydrogen-bond donors (Lipinski definition) is 0. The third kappa shape index (κ3) is 4.60. The number of para-hydroxylation sites is 2. The van der Waals surface area contributed by atoms with Gasteiger partial charge < -0.3 is 8.98 Å². The van der Waals surface area contributed by atoms with Crippen LogP contribution in [0.5, 0.6) is 0 Å². The van der Waals surface area contributed by atoms with Gasteiger partial charge in [0, 0.05) is 43.9 Å². The van der Waals surface area contributed by atoms with E-state index < -0.39 is 264 Å². The lowest BCUT2D eigenvalue weighted by Crippen LogP contribution is -2.00. The number of rotatable bonds is 5. The standard InChI is InChI=1S/C45H28N4O/c1-3-12-29(13-4-1)34-18-11-21-40-42(34)37-27-24-32(28-41(37)50-40)45-47-43(30-14-5-2-6-15-30)46-44(48-45)31-22-25-33(26-23-31)49-38-19-9-7-16-35(38)36-17-8-10-20-39(36)49/h1-28H/i1D,2D,3D,4D,5D,6D,7D,8D,9D,10D,11D,12D,13D,14D,15D,16D,17D,18D,19D,20D,21D,22D,23D,24D,25D,26D,27D,28D. The molecule has 0 aliphatic rings. The minimum Gasteiger partial charge on any atom is -0.456 e. The molecule has 0 saturated heterocycles. The Morgan fingerprint density at radius 3 is 1.62 bits per heavy atom. The van der Waals surface area contributed by atoms with E-state index in [4.69, 9.17) is 33.2 Å². The van der Waals surface area contributed by atoms with Crippen LogP contribution in [0.3, 0.4) is 0 Å². The van der Waals surface area contributed by atoms with E-state index in [9.17, 15) is 9.60 Å². The predicted molar refractivity (Wildman–Crippen MR) is 203 cm³/mol. The van der Waals surface area contributed by atoms with Crippen molar-refractivity contribution in [1.82, 2.24) is 19.5 Å². The van der Waals surface area contributed by atoms with Gasteiger partial charge in [-0.3, -0.25) is 0 Å². The first-order valence-electron chi connectivity index (χ1n) is 28.4. The summed E-state index contributed by atoms with van der Waals surface area (Å²) >= 11 is 0. The molecule has 0 bridgehead atoms. The van der Waals surface area contributed by atoms with E-state index in [2.05, 4.69) is 15.0 Å². The molecule has 0 radical (unpaired) electrons. The van der Waals surface area contributed by atoms with Gasteiger partial charge in [-0.2, -0.15) is 0 Å². The summed E-state index contributed by atoms with van der Waals surface area (Å²) in [6.45, 7) is 0. The molecule has 3 heterocycles. The Balaban J connectivity index is 1.33. The first-order chi connectivity index (χ1) is 36.4. The summed E-state index contributed by atoms with van der Waals surface area (Å²) < 4.78 is 253. The Labute approximate surface area is 327 Å². The van der Waals surface area contributed by atoms with Gasteiger partial charge in [0.1, 0.15) is 11.2 Å². The van der Waals surface area contributed by atoms with Crippen LogP contribution in [-0.2, 0) is 0 Å². The topological polar surface area (TPSA) is 56.7 Å². The second-order valence-electron chi connectivity index (χ2n) is 10.3. The molecule has 0 amide bonds. The van der Waals surface area contributed by atoms with Gasteiger partial charge in [-0.15, -0.1) is 0 Å². The maximum atomic E-state index is 9.51. The van der Waals surface area contributed by atoms with Gasteiger partial charge in [-0.05, 0) is 65.5 Å². The summed E-state index contributed by atoms with van der Waals surface area (Å²) in [5.41, 5.74) is -6.84. The average molecular weight is 669 g/mol. The molecule has 10 rings (SSSR count). The molecule has 0 fully saturated rings. The first-order valence-corrected chi connectivity index (χ1v) is 14.4. The minimum absolute atomic E-state index is 0.452. The zero-order chi connectivity index (χ0) is 57.4. The molecular weight excluding hydrogens is 613 g/mol. The number of aromatic nitrogens is 4. The van der Waals surface area contributed by atoms with Gasteiger partial charge in [0.05, 0.1) is 49.4 Å². The molecule has 0 aliphatic carbocycles. The van der Waals surface area contributed by atoms with E-state index in [0.717, 1.165) is 4.57 Å². The van der Waals surface area contributed by atoms with Crippen LogP contribution in [0.1, 0.15) is 38.4 Å².